The largest absolute Gasteiger partial charge is 0.456 e. The molecule has 2 aromatic heterocycles. The molecule has 0 saturated heterocycles. The van der Waals surface area contributed by atoms with Crippen LogP contribution in [0.15, 0.2) is 181 Å². The summed E-state index contributed by atoms with van der Waals surface area (Å²) in [7, 11) is 0. The van der Waals surface area contributed by atoms with Crippen molar-refractivity contribution in [3.05, 3.63) is 176 Å². The van der Waals surface area contributed by atoms with Gasteiger partial charge in [-0.3, -0.25) is 4.90 Å². The number of hydrogen-bond donors (Lipinski definition) is 0. The monoisotopic (exact) mass is 639 g/mol. The van der Waals surface area contributed by atoms with Gasteiger partial charge in [-0.1, -0.05) is 115 Å². The van der Waals surface area contributed by atoms with E-state index in [0.29, 0.717) is 0 Å². The summed E-state index contributed by atoms with van der Waals surface area (Å²) < 4.78 is 6.32. The third kappa shape index (κ3) is 4.77. The van der Waals surface area contributed by atoms with Crippen LogP contribution in [0.4, 0.5) is 17.2 Å². The number of benzene rings is 8. The van der Waals surface area contributed by atoms with E-state index in [1.807, 2.05) is 18.2 Å². The van der Waals surface area contributed by atoms with Gasteiger partial charge in [0.1, 0.15) is 23.3 Å². The molecule has 10 aromatic rings. The fourth-order valence-electron chi connectivity index (χ4n) is 7.18. The molecule has 4 heteroatoms. The van der Waals surface area contributed by atoms with Crippen LogP contribution in [0.5, 0.6) is 0 Å². The summed E-state index contributed by atoms with van der Waals surface area (Å²) in [6.45, 7) is 0. The van der Waals surface area contributed by atoms with Gasteiger partial charge in [0.05, 0.1) is 5.52 Å². The maximum Gasteiger partial charge on any atom is 0.149 e. The molecule has 10 rings (SSSR count). The van der Waals surface area contributed by atoms with Crippen molar-refractivity contribution in [3.63, 3.8) is 0 Å². The second-order valence-electron chi connectivity index (χ2n) is 12.7. The van der Waals surface area contributed by atoms with Crippen LogP contribution >= 0.6 is 0 Å². The molecule has 0 aliphatic heterocycles. The second kappa shape index (κ2) is 11.4. The Bertz CT molecular complexity index is 2750. The third-order valence-electron chi connectivity index (χ3n) is 9.74. The lowest BCUT2D eigenvalue weighted by molar-refractivity contribution is 0.669. The number of nitrogens with zero attached hydrogens (tertiary/aromatic N) is 3. The highest BCUT2D eigenvalue weighted by Gasteiger charge is 2.20. The lowest BCUT2D eigenvalue weighted by Gasteiger charge is -2.26. The Kier molecular flexibility index (Phi) is 6.46. The normalized spacial score (nSPS) is 11.6. The van der Waals surface area contributed by atoms with Gasteiger partial charge in [-0.05, 0) is 98.4 Å². The van der Waals surface area contributed by atoms with Crippen molar-refractivity contribution in [2.75, 3.05) is 4.90 Å². The first kappa shape index (κ1) is 28.3. The molecule has 50 heavy (non-hydrogen) atoms. The summed E-state index contributed by atoms with van der Waals surface area (Å²) in [6.07, 6.45) is 1.66. The first-order valence-electron chi connectivity index (χ1n) is 16.8. The summed E-state index contributed by atoms with van der Waals surface area (Å²) in [4.78, 5) is 11.9. The van der Waals surface area contributed by atoms with Crippen LogP contribution in [-0.2, 0) is 0 Å². The third-order valence-corrected chi connectivity index (χ3v) is 9.74. The topological polar surface area (TPSA) is 42.2 Å². The number of aromatic nitrogens is 2. The first-order chi connectivity index (χ1) is 24.7. The summed E-state index contributed by atoms with van der Waals surface area (Å²) in [5, 5.41) is 7.97. The van der Waals surface area contributed by atoms with E-state index in [0.717, 1.165) is 61.2 Å². The van der Waals surface area contributed by atoms with E-state index in [4.69, 9.17) is 14.4 Å². The van der Waals surface area contributed by atoms with Crippen molar-refractivity contribution in [1.82, 2.24) is 9.97 Å². The lowest BCUT2D eigenvalue weighted by atomic mass is 10.00. The molecular weight excluding hydrogens is 611 g/mol. The van der Waals surface area contributed by atoms with Gasteiger partial charge in [-0.15, -0.1) is 0 Å². The molecular formula is C46H29N3O. The van der Waals surface area contributed by atoms with Crippen LogP contribution in [0.1, 0.15) is 0 Å². The van der Waals surface area contributed by atoms with Crippen LogP contribution in [0.3, 0.4) is 0 Å². The number of para-hydroxylation sites is 1. The maximum absolute atomic E-state index is 6.32. The summed E-state index contributed by atoms with van der Waals surface area (Å²) in [5.74, 6) is 0.786. The Morgan fingerprint density at radius 1 is 0.380 bits per heavy atom. The van der Waals surface area contributed by atoms with Crippen molar-refractivity contribution in [2.24, 2.45) is 0 Å². The average molecular weight is 640 g/mol. The van der Waals surface area contributed by atoms with Gasteiger partial charge in [0.25, 0.3) is 0 Å². The summed E-state index contributed by atoms with van der Waals surface area (Å²) >= 11 is 0. The van der Waals surface area contributed by atoms with Gasteiger partial charge in [0.2, 0.25) is 0 Å². The number of fused-ring (bicyclic) bond motifs is 6. The minimum atomic E-state index is 0.786. The number of rotatable bonds is 5. The molecule has 4 nitrogen and oxygen atoms in total. The fraction of sp³-hybridized carbons (Fsp3) is 0. The van der Waals surface area contributed by atoms with Crippen LogP contribution < -0.4 is 4.90 Å². The zero-order chi connectivity index (χ0) is 33.0. The smallest absolute Gasteiger partial charge is 0.149 e. The summed E-state index contributed by atoms with van der Waals surface area (Å²) in [6, 6.07) is 60.0. The highest BCUT2D eigenvalue weighted by Crippen LogP contribution is 2.41. The Hall–Kier alpha value is -6.78. The molecule has 0 N–H and O–H groups in total. The lowest BCUT2D eigenvalue weighted by Crippen LogP contribution is -2.12. The molecule has 0 aliphatic carbocycles. The van der Waals surface area contributed by atoms with Crippen LogP contribution in [0, 0.1) is 0 Å². The van der Waals surface area contributed by atoms with Crippen molar-refractivity contribution >= 4 is 71.6 Å². The molecule has 8 aromatic carbocycles. The predicted molar refractivity (Wildman–Crippen MR) is 207 cm³/mol. The highest BCUT2D eigenvalue weighted by atomic mass is 16.3. The van der Waals surface area contributed by atoms with Crippen molar-refractivity contribution in [2.45, 2.75) is 0 Å². The standard InChI is InChI=1S/C46H29N3O/c1-3-9-34-25-36(15-13-30(34)7-1)32-17-21-38(22-18-32)49(39-23-19-33(20-24-39)37-16-14-31-8-2-4-10-35(31)26-37)46-42-28-45-41(27-43(42)47-29-48-46)40-11-5-6-12-44(40)50-45/h1-29H. The van der Waals surface area contributed by atoms with E-state index in [1.54, 1.807) is 6.33 Å². The zero-order valence-corrected chi connectivity index (χ0v) is 27.0. The van der Waals surface area contributed by atoms with Gasteiger partial charge in [-0.25, -0.2) is 9.97 Å². The maximum atomic E-state index is 6.32. The van der Waals surface area contributed by atoms with Gasteiger partial charge in [-0.2, -0.15) is 0 Å². The van der Waals surface area contributed by atoms with E-state index in [1.165, 1.54) is 32.7 Å². The molecule has 0 spiro atoms. The molecule has 2 heterocycles. The molecule has 0 fully saturated rings. The Labute approximate surface area is 288 Å². The Morgan fingerprint density at radius 3 is 1.54 bits per heavy atom. The zero-order valence-electron chi connectivity index (χ0n) is 27.0. The van der Waals surface area contributed by atoms with E-state index in [-0.39, 0.29) is 0 Å². The van der Waals surface area contributed by atoms with Gasteiger partial charge in [0.15, 0.2) is 0 Å². The molecule has 0 aliphatic rings. The minimum absolute atomic E-state index is 0.786. The molecule has 0 saturated carbocycles. The van der Waals surface area contributed by atoms with Gasteiger partial charge in [0, 0.05) is 27.5 Å². The van der Waals surface area contributed by atoms with Crippen molar-refractivity contribution < 1.29 is 4.42 Å². The Balaban J connectivity index is 1.11. The second-order valence-corrected chi connectivity index (χ2v) is 12.7. The molecule has 0 atom stereocenters. The highest BCUT2D eigenvalue weighted by molar-refractivity contribution is 6.11. The molecule has 0 amide bonds. The van der Waals surface area contributed by atoms with Crippen LogP contribution in [-0.4, -0.2) is 9.97 Å². The quantitative estimate of drug-likeness (QED) is 0.188. The van der Waals surface area contributed by atoms with Gasteiger partial charge >= 0.3 is 0 Å². The molecule has 0 unspecified atom stereocenters. The first-order valence-corrected chi connectivity index (χ1v) is 16.8. The van der Waals surface area contributed by atoms with E-state index < -0.39 is 0 Å². The molecule has 234 valence electrons. The number of anilines is 3. The van der Waals surface area contributed by atoms with E-state index in [2.05, 4.69) is 157 Å². The van der Waals surface area contributed by atoms with Crippen molar-refractivity contribution in [3.8, 4) is 22.3 Å². The van der Waals surface area contributed by atoms with E-state index in [9.17, 15) is 0 Å². The van der Waals surface area contributed by atoms with E-state index >= 15 is 0 Å². The Morgan fingerprint density at radius 2 is 0.920 bits per heavy atom. The minimum Gasteiger partial charge on any atom is -0.456 e. The molecule has 0 radical (unpaired) electrons. The van der Waals surface area contributed by atoms with Crippen molar-refractivity contribution in [1.29, 1.82) is 0 Å². The molecule has 0 bridgehead atoms. The predicted octanol–water partition coefficient (Wildman–Crippen LogP) is 12.6. The number of furan rings is 1. The number of hydrogen-bond acceptors (Lipinski definition) is 4. The SMILES string of the molecule is c1ccc2cc(-c3ccc(N(c4ccc(-c5ccc6ccccc6c5)cc4)c4ncnc5cc6c(cc45)oc4ccccc46)cc3)ccc2c1. The van der Waals surface area contributed by atoms with Crippen LogP contribution in [0.25, 0.3) is 76.6 Å². The van der Waals surface area contributed by atoms with Crippen LogP contribution in [0.2, 0.25) is 0 Å². The van der Waals surface area contributed by atoms with Gasteiger partial charge < -0.3 is 4.42 Å². The average Bonchev–Trinajstić information content (AvgIpc) is 3.55. The summed E-state index contributed by atoms with van der Waals surface area (Å²) in [5.41, 5.74) is 9.20. The fourth-order valence-corrected chi connectivity index (χ4v) is 7.18.